The molecule has 0 aliphatic rings. The predicted octanol–water partition coefficient (Wildman–Crippen LogP) is -17.9. The Morgan fingerprint density at radius 2 is 0.531 bits per heavy atom. The Hall–Kier alpha value is -0.553. The largest absolute Gasteiger partial charge is 2.00 e. The minimum absolute atomic E-state index is 0. The number of aliphatic carboxylic acids is 2. The van der Waals surface area contributed by atoms with Crippen molar-refractivity contribution >= 4 is 32.7 Å². The number of hydrogen-bond acceptors (Lipinski definition) is 12. The van der Waals surface area contributed by atoms with Gasteiger partial charge in [0.15, 0.2) is 0 Å². The Morgan fingerprint density at radius 3 is 0.531 bits per heavy atom. The second kappa shape index (κ2) is 69.8. The van der Waals surface area contributed by atoms with Crippen LogP contribution in [0.5, 0.6) is 0 Å². The second-order valence-corrected chi connectivity index (χ2v) is 3.69. The molecule has 0 saturated heterocycles. The van der Waals surface area contributed by atoms with Gasteiger partial charge < -0.3 is 104 Å². The van der Waals surface area contributed by atoms with E-state index in [-0.39, 0.29) is 107 Å². The zero-order chi connectivity index (χ0) is 17.6. The fraction of sp³-hybridized carbons (Fsp3) is 0.500. The third-order valence-corrected chi connectivity index (χ3v) is 0.408. The van der Waals surface area contributed by atoms with Crippen LogP contribution in [-0.2, 0) is 124 Å². The van der Waals surface area contributed by atoms with E-state index in [2.05, 4.69) is 11.5 Å². The number of carbonyl (C=O) groups is 2. The van der Waals surface area contributed by atoms with Gasteiger partial charge in [0, 0.05) is 20.8 Å². The normalized spacial score (nSPS) is 5.94. The van der Waals surface area contributed by atoms with Crippen molar-refractivity contribution in [1.29, 1.82) is 0 Å². The molecule has 36 N–H and O–H groups in total. The molecular formula is C4H40N2O22S2Zn2+10. The van der Waals surface area contributed by atoms with Crippen LogP contribution in [0.15, 0.2) is 0 Å². The van der Waals surface area contributed by atoms with E-state index < -0.39 is 32.7 Å². The molecule has 0 aromatic heterocycles. The van der Waals surface area contributed by atoms with Crippen LogP contribution in [-0.4, -0.2) is 60.1 Å². The number of carbonyl (C=O) groups excluding carboxylic acids is 2. The molecule has 0 atom stereocenters. The second-order valence-electron chi connectivity index (χ2n) is 2.06. The molecule has 32 heavy (non-hydrogen) atoms. The molecular weight excluding hydrogens is 623 g/mol. The van der Waals surface area contributed by atoms with Gasteiger partial charge in [-0.15, -0.1) is 0 Å². The van der Waals surface area contributed by atoms with E-state index >= 15 is 0 Å². The number of rotatable bonds is 2. The first-order valence-corrected chi connectivity index (χ1v) is 6.52. The van der Waals surface area contributed by atoms with E-state index in [9.17, 15) is 19.8 Å². The van der Waals surface area contributed by atoms with Crippen molar-refractivity contribution in [3.05, 3.63) is 0 Å². The predicted molar refractivity (Wildman–Crippen MR) is 95.2 cm³/mol. The molecule has 0 bridgehead atoms. The summed E-state index contributed by atoms with van der Waals surface area (Å²) in [5.74, 6) is -2.21. The van der Waals surface area contributed by atoms with Crippen molar-refractivity contribution < 1.29 is 160 Å². The molecule has 0 spiro atoms. The number of carboxylic acids is 2. The average Bonchev–Trinajstić information content (AvgIpc) is 2.13. The van der Waals surface area contributed by atoms with Gasteiger partial charge in [-0.3, -0.25) is 16.8 Å². The molecule has 0 aliphatic carbocycles. The van der Waals surface area contributed by atoms with Gasteiger partial charge in [0.1, 0.15) is 13.1 Å². The van der Waals surface area contributed by atoms with Crippen LogP contribution < -0.4 is 21.7 Å². The molecule has 28 heteroatoms. The molecule has 0 fully saturated rings. The van der Waals surface area contributed by atoms with Gasteiger partial charge in [-0.25, -0.2) is 0 Å². The van der Waals surface area contributed by atoms with Crippen LogP contribution in [0.3, 0.4) is 0 Å². The molecule has 204 valence electrons. The Balaban J connectivity index is -0.00000000677. The molecule has 24 nitrogen and oxygen atoms in total. The van der Waals surface area contributed by atoms with E-state index in [0.29, 0.717) is 0 Å². The molecule has 0 unspecified atom stereocenters. The maximum atomic E-state index is 9.19. The first-order chi connectivity index (χ1) is 8.54. The zero-order valence-corrected chi connectivity index (χ0v) is 24.3. The molecule has 0 aliphatic heterocycles. The molecule has 0 heterocycles. The van der Waals surface area contributed by atoms with E-state index in [1.165, 1.54) is 0 Å². The van der Waals surface area contributed by atoms with Gasteiger partial charge >= 0.3 is 39.0 Å². The Labute approximate surface area is 205 Å². The maximum absolute atomic E-state index is 9.19. The molecule has 0 aromatic rings. The summed E-state index contributed by atoms with van der Waals surface area (Å²) >= 11 is 0. The third-order valence-electron chi connectivity index (χ3n) is 0.408. The van der Waals surface area contributed by atoms with Gasteiger partial charge in [-0.05, 0) is 0 Å². The molecule has 0 rings (SSSR count). The summed E-state index contributed by atoms with van der Waals surface area (Å²) in [6.07, 6.45) is 0. The standard InChI is InChI=1S/2C2H5NO2.2H2O4S.10H2O.2Zn/c2*3-1-2(4)5;2*1-5(2,3)4;;;;;;;;;;;;/h2*1,3H2,(H,4,5);2*(H2,1,2,3,4);10*1H2;;/q;;;;;;;;;;;;;;2*+2/p+6. The summed E-state index contributed by atoms with van der Waals surface area (Å²) in [4.78, 5) is 18.4. The van der Waals surface area contributed by atoms with Gasteiger partial charge in [0.05, 0.1) is 11.9 Å². The summed E-state index contributed by atoms with van der Waals surface area (Å²) in [5, 5.41) is 18.4. The monoisotopic (exact) mass is 660 g/mol. The number of carboxylic acid groups (broad SMARTS) is 2. The van der Waals surface area contributed by atoms with E-state index in [4.69, 9.17) is 35.0 Å². The van der Waals surface area contributed by atoms with Gasteiger partial charge in [-0.1, -0.05) is 0 Å². The van der Waals surface area contributed by atoms with Crippen molar-refractivity contribution in [2.75, 3.05) is 13.1 Å². The van der Waals surface area contributed by atoms with Crippen LogP contribution in [0.1, 0.15) is 0 Å². The van der Waals surface area contributed by atoms with Crippen molar-refractivity contribution in [2.24, 2.45) is 0 Å². The SMILES string of the molecule is O=S(=O)([O-])[O-].O=S(=O)([O-])[O-].[NH3+]CC(=O)[O-].[NH3+]CC(=O)[O-].[OH3+].[OH3+].[OH3+].[OH3+].[OH3+].[OH3+].[OH3+].[OH3+].[OH3+].[OH3+].[Zn+2].[Zn+2]. The van der Waals surface area contributed by atoms with Crippen LogP contribution in [0.25, 0.3) is 0 Å². The summed E-state index contributed by atoms with van der Waals surface area (Å²) in [6, 6.07) is 0. The fourth-order valence-electron chi connectivity index (χ4n) is 0. The summed E-state index contributed by atoms with van der Waals surface area (Å²) in [6.45, 7) is -0.278. The average molecular weight is 663 g/mol. The van der Waals surface area contributed by atoms with Crippen molar-refractivity contribution in [3.63, 3.8) is 0 Å². The third kappa shape index (κ3) is 2010. The van der Waals surface area contributed by atoms with E-state index in [1.807, 2.05) is 0 Å². The Bertz CT molecular complexity index is 408. The summed E-state index contributed by atoms with van der Waals surface area (Å²) in [5.41, 5.74) is 6.05. The zero-order valence-electron chi connectivity index (χ0n) is 16.7. The number of quaternary nitrogens is 2. The first-order valence-electron chi connectivity index (χ1n) is 3.86. The molecule has 0 amide bonds. The van der Waals surface area contributed by atoms with E-state index in [0.717, 1.165) is 0 Å². The molecule has 0 aromatic carbocycles. The minimum atomic E-state index is -5.17. The van der Waals surface area contributed by atoms with Gasteiger partial charge in [0.2, 0.25) is 0 Å². The van der Waals surface area contributed by atoms with Crippen molar-refractivity contribution in [2.45, 2.75) is 0 Å². The Morgan fingerprint density at radius 1 is 0.500 bits per heavy atom. The van der Waals surface area contributed by atoms with Gasteiger partial charge in [0.25, 0.3) is 0 Å². The Kier molecular flexibility index (Phi) is 267. The fourth-order valence-corrected chi connectivity index (χ4v) is 0. The topological polar surface area (TPSA) is 626 Å². The maximum Gasteiger partial charge on any atom is 2.00 e. The minimum Gasteiger partial charge on any atom is -0.759 e. The smallest absolute Gasteiger partial charge is 0.759 e. The molecule has 0 radical (unpaired) electrons. The van der Waals surface area contributed by atoms with Crippen molar-refractivity contribution in [1.82, 2.24) is 0 Å². The van der Waals surface area contributed by atoms with Crippen LogP contribution in [0.2, 0.25) is 0 Å². The van der Waals surface area contributed by atoms with Gasteiger partial charge in [-0.2, -0.15) is 0 Å². The van der Waals surface area contributed by atoms with E-state index in [1.54, 1.807) is 0 Å². The first kappa shape index (κ1) is 122. The van der Waals surface area contributed by atoms with Crippen LogP contribution in [0, 0.1) is 0 Å². The van der Waals surface area contributed by atoms with Crippen molar-refractivity contribution in [3.8, 4) is 0 Å². The van der Waals surface area contributed by atoms with Crippen LogP contribution >= 0.6 is 0 Å². The summed E-state index contributed by atoms with van der Waals surface area (Å²) in [7, 11) is -10.3. The van der Waals surface area contributed by atoms with Crippen LogP contribution in [0.4, 0.5) is 0 Å². The summed E-state index contributed by atoms with van der Waals surface area (Å²) < 4.78 is 68.2. The quantitative estimate of drug-likeness (QED) is 0.120. The molecule has 0 saturated carbocycles. The number of hydrogen-bond donors (Lipinski definition) is 2.